The van der Waals surface area contributed by atoms with Crippen LogP contribution in [0.2, 0.25) is 0 Å². The fourth-order valence-corrected chi connectivity index (χ4v) is 2.01. The van der Waals surface area contributed by atoms with E-state index in [1.165, 1.54) is 0 Å². The predicted molar refractivity (Wildman–Crippen MR) is 84.6 cm³/mol. The molecule has 0 radical (unpaired) electrons. The quantitative estimate of drug-likeness (QED) is 0.380. The van der Waals surface area contributed by atoms with Crippen molar-refractivity contribution in [2.24, 2.45) is 0 Å². The third-order valence-electron chi connectivity index (χ3n) is 3.36. The van der Waals surface area contributed by atoms with Crippen LogP contribution in [0.25, 0.3) is 0 Å². The number of unbranched alkanes of at least 4 members (excludes halogenated alkanes) is 3. The van der Waals surface area contributed by atoms with Crippen molar-refractivity contribution in [1.82, 2.24) is 0 Å². The second kappa shape index (κ2) is 13.2. The van der Waals surface area contributed by atoms with E-state index >= 15 is 0 Å². The number of allylic oxidation sites excluding steroid dienone is 2. The van der Waals surface area contributed by atoms with Crippen LogP contribution in [0.5, 0.6) is 0 Å². The maximum atomic E-state index is 11.6. The Morgan fingerprint density at radius 2 is 1.73 bits per heavy atom. The van der Waals surface area contributed by atoms with Gasteiger partial charge in [-0.15, -0.1) is 0 Å². The van der Waals surface area contributed by atoms with Gasteiger partial charge in [0.05, 0.1) is 0 Å². The first-order valence-electron chi connectivity index (χ1n) is 8.06. The van der Waals surface area contributed by atoms with Crippen molar-refractivity contribution in [3.63, 3.8) is 0 Å². The maximum Gasteiger partial charge on any atom is 0.303 e. The molecule has 2 N–H and O–H groups in total. The Hall–Kier alpha value is -1.49. The minimum absolute atomic E-state index is 0.000763. The Kier molecular flexibility index (Phi) is 12.3. The molecule has 0 spiro atoms. The van der Waals surface area contributed by atoms with Crippen LogP contribution in [0, 0.1) is 0 Å². The molecule has 0 aliphatic heterocycles. The number of carbonyl (C=O) groups is 3. The number of Topliss-reactive ketones (excluding diaryl/α,β-unsaturated/α-hetero) is 2. The van der Waals surface area contributed by atoms with Gasteiger partial charge >= 0.3 is 5.97 Å². The second-order valence-electron chi connectivity index (χ2n) is 5.48. The molecule has 0 aromatic carbocycles. The highest BCUT2D eigenvalue weighted by Crippen LogP contribution is 2.06. The lowest BCUT2D eigenvalue weighted by atomic mass is 10.0. The van der Waals surface area contributed by atoms with E-state index in [0.29, 0.717) is 19.3 Å². The second-order valence-corrected chi connectivity index (χ2v) is 5.48. The molecule has 126 valence electrons. The van der Waals surface area contributed by atoms with Crippen molar-refractivity contribution >= 4 is 17.5 Å². The number of aliphatic carboxylic acids is 1. The molecule has 0 amide bonds. The number of hydrogen-bond donors (Lipinski definition) is 2. The molecule has 0 saturated carbocycles. The van der Waals surface area contributed by atoms with E-state index in [9.17, 15) is 19.5 Å². The van der Waals surface area contributed by atoms with E-state index in [1.54, 1.807) is 6.08 Å². The number of carboxylic acid groups (broad SMARTS) is 1. The zero-order chi connectivity index (χ0) is 16.8. The SMILES string of the molecule is CCCC(O)C(=O)CCC(=O)C/C=C\CCCCCC(=O)O. The van der Waals surface area contributed by atoms with Crippen LogP contribution in [0.15, 0.2) is 12.2 Å². The van der Waals surface area contributed by atoms with Gasteiger partial charge in [-0.3, -0.25) is 14.4 Å². The fraction of sp³-hybridized carbons (Fsp3) is 0.706. The van der Waals surface area contributed by atoms with E-state index in [-0.39, 0.29) is 30.8 Å². The molecule has 22 heavy (non-hydrogen) atoms. The van der Waals surface area contributed by atoms with Gasteiger partial charge in [0.1, 0.15) is 11.9 Å². The van der Waals surface area contributed by atoms with E-state index < -0.39 is 12.1 Å². The lowest BCUT2D eigenvalue weighted by Crippen LogP contribution is -2.20. The molecule has 0 heterocycles. The van der Waals surface area contributed by atoms with Crippen molar-refractivity contribution in [1.29, 1.82) is 0 Å². The van der Waals surface area contributed by atoms with Crippen LogP contribution in [0.1, 0.15) is 71.1 Å². The van der Waals surface area contributed by atoms with E-state index in [0.717, 1.165) is 25.7 Å². The minimum Gasteiger partial charge on any atom is -0.481 e. The zero-order valence-electron chi connectivity index (χ0n) is 13.4. The average Bonchev–Trinajstić information content (AvgIpc) is 2.47. The van der Waals surface area contributed by atoms with Gasteiger partial charge in [-0.05, 0) is 25.7 Å². The molecule has 0 aromatic rings. The topological polar surface area (TPSA) is 91.7 Å². The van der Waals surface area contributed by atoms with Crippen molar-refractivity contribution in [2.75, 3.05) is 0 Å². The Labute approximate surface area is 132 Å². The first kappa shape index (κ1) is 20.5. The number of aliphatic hydroxyl groups is 1. The summed E-state index contributed by atoms with van der Waals surface area (Å²) in [7, 11) is 0. The summed E-state index contributed by atoms with van der Waals surface area (Å²) in [6.45, 7) is 1.90. The zero-order valence-corrected chi connectivity index (χ0v) is 13.4. The van der Waals surface area contributed by atoms with Crippen molar-refractivity contribution < 1.29 is 24.6 Å². The smallest absolute Gasteiger partial charge is 0.303 e. The molecule has 1 unspecified atom stereocenters. The lowest BCUT2D eigenvalue weighted by Gasteiger charge is -2.06. The summed E-state index contributed by atoms with van der Waals surface area (Å²) in [6, 6.07) is 0. The molecule has 0 aromatic heterocycles. The summed E-state index contributed by atoms with van der Waals surface area (Å²) in [4.78, 5) is 33.4. The van der Waals surface area contributed by atoms with Crippen molar-refractivity contribution in [3.05, 3.63) is 12.2 Å². The molecule has 0 aliphatic rings. The van der Waals surface area contributed by atoms with Crippen LogP contribution in [-0.2, 0) is 14.4 Å². The largest absolute Gasteiger partial charge is 0.481 e. The third kappa shape index (κ3) is 12.3. The van der Waals surface area contributed by atoms with E-state index in [1.807, 2.05) is 13.0 Å². The number of carbonyl (C=O) groups excluding carboxylic acids is 2. The van der Waals surface area contributed by atoms with Gasteiger partial charge < -0.3 is 10.2 Å². The highest BCUT2D eigenvalue weighted by Gasteiger charge is 2.14. The van der Waals surface area contributed by atoms with Crippen LogP contribution in [-0.4, -0.2) is 33.9 Å². The Morgan fingerprint density at radius 3 is 2.36 bits per heavy atom. The van der Waals surface area contributed by atoms with Gasteiger partial charge in [0.25, 0.3) is 0 Å². The average molecular weight is 312 g/mol. The summed E-state index contributed by atoms with van der Waals surface area (Å²) in [5.74, 6) is -1.02. The normalized spacial score (nSPS) is 12.5. The summed E-state index contributed by atoms with van der Waals surface area (Å²) >= 11 is 0. The van der Waals surface area contributed by atoms with Gasteiger partial charge in [-0.2, -0.15) is 0 Å². The molecule has 0 bridgehead atoms. The summed E-state index contributed by atoms with van der Waals surface area (Å²) < 4.78 is 0. The first-order valence-corrected chi connectivity index (χ1v) is 8.06. The first-order chi connectivity index (χ1) is 10.5. The molecule has 0 saturated heterocycles. The van der Waals surface area contributed by atoms with Gasteiger partial charge in [-0.1, -0.05) is 31.9 Å². The van der Waals surface area contributed by atoms with E-state index in [2.05, 4.69) is 0 Å². The predicted octanol–water partition coefficient (Wildman–Crippen LogP) is 3.05. The van der Waals surface area contributed by atoms with E-state index in [4.69, 9.17) is 5.11 Å². The van der Waals surface area contributed by atoms with Crippen LogP contribution >= 0.6 is 0 Å². The third-order valence-corrected chi connectivity index (χ3v) is 3.36. The summed E-state index contributed by atoms with van der Waals surface area (Å²) in [5.41, 5.74) is 0. The molecule has 5 nitrogen and oxygen atoms in total. The fourth-order valence-electron chi connectivity index (χ4n) is 2.01. The molecular weight excluding hydrogens is 284 g/mol. The molecule has 1 atom stereocenters. The molecular formula is C17H28O5. The molecule has 0 rings (SSSR count). The van der Waals surface area contributed by atoms with Crippen molar-refractivity contribution in [2.45, 2.75) is 77.2 Å². The molecule has 5 heteroatoms. The summed E-state index contributed by atoms with van der Waals surface area (Å²) in [6.07, 6.45) is 8.11. The van der Waals surface area contributed by atoms with Crippen LogP contribution in [0.3, 0.4) is 0 Å². The maximum absolute atomic E-state index is 11.6. The van der Waals surface area contributed by atoms with Gasteiger partial charge in [0.15, 0.2) is 5.78 Å². The van der Waals surface area contributed by atoms with Crippen LogP contribution < -0.4 is 0 Å². The van der Waals surface area contributed by atoms with Gasteiger partial charge in [0.2, 0.25) is 0 Å². The molecule has 0 fully saturated rings. The Balaban J connectivity index is 3.62. The number of carboxylic acids is 1. The Morgan fingerprint density at radius 1 is 1.00 bits per heavy atom. The van der Waals surface area contributed by atoms with Gasteiger partial charge in [0, 0.05) is 25.7 Å². The number of aliphatic hydroxyl groups excluding tert-OH is 1. The summed E-state index contributed by atoms with van der Waals surface area (Å²) in [5, 5.41) is 17.9. The number of ketones is 2. The lowest BCUT2D eigenvalue weighted by molar-refractivity contribution is -0.137. The highest BCUT2D eigenvalue weighted by atomic mass is 16.4. The molecule has 0 aliphatic carbocycles. The van der Waals surface area contributed by atoms with Crippen LogP contribution in [0.4, 0.5) is 0 Å². The Bertz CT molecular complexity index is 373. The number of rotatable bonds is 14. The highest BCUT2D eigenvalue weighted by molar-refractivity contribution is 5.88. The standard InChI is InChI=1S/C17H28O5/c1-2-9-15(19)16(20)13-12-14(18)10-7-5-3-4-6-8-11-17(21)22/h5,7,15,19H,2-4,6,8-13H2,1H3,(H,21,22)/b7-5-. The monoisotopic (exact) mass is 312 g/mol. The van der Waals surface area contributed by atoms with Crippen molar-refractivity contribution in [3.8, 4) is 0 Å². The minimum atomic E-state index is -0.931. The number of hydrogen-bond acceptors (Lipinski definition) is 4. The van der Waals surface area contributed by atoms with Gasteiger partial charge in [-0.25, -0.2) is 0 Å².